The number of nitrogens with zero attached hydrogens (tertiary/aromatic N) is 3. The van der Waals surface area contributed by atoms with Gasteiger partial charge in [-0.2, -0.15) is 0 Å². The molecule has 2 heterocycles. The lowest BCUT2D eigenvalue weighted by Gasteiger charge is -2.16. The lowest BCUT2D eigenvalue weighted by atomic mass is 10.00. The van der Waals surface area contributed by atoms with Crippen molar-refractivity contribution in [2.24, 2.45) is 0 Å². The molecule has 0 aliphatic heterocycles. The molecular weight excluding hydrogens is 526 g/mol. The fourth-order valence-electron chi connectivity index (χ4n) is 4.62. The summed E-state index contributed by atoms with van der Waals surface area (Å²) in [6.45, 7) is 5.93. The van der Waals surface area contributed by atoms with Gasteiger partial charge in [-0.1, -0.05) is 24.2 Å². The molecule has 0 radical (unpaired) electrons. The van der Waals surface area contributed by atoms with E-state index in [-0.39, 0.29) is 18.1 Å². The molecule has 0 amide bonds. The highest BCUT2D eigenvalue weighted by molar-refractivity contribution is 7.90. The maximum absolute atomic E-state index is 14.3. The van der Waals surface area contributed by atoms with Crippen molar-refractivity contribution in [3.63, 3.8) is 0 Å². The summed E-state index contributed by atoms with van der Waals surface area (Å²) < 4.78 is 86.1. The fourth-order valence-corrected chi connectivity index (χ4v) is 5.27. The van der Waals surface area contributed by atoms with E-state index in [0.717, 1.165) is 34.5 Å². The lowest BCUT2D eigenvalue weighted by Crippen LogP contribution is -2.18. The van der Waals surface area contributed by atoms with E-state index in [4.69, 9.17) is 9.51 Å². The average Bonchev–Trinajstić information content (AvgIpc) is 3.33. The number of sulfone groups is 1. The standard InChI is InChI=1S/C26H27F4N3O4S/c1-15(12-18-6-9-23(20(27)13-18)36-26(28,29)30)25-31-21-14-19(24-16(2)32-37-17(24)3)7-8-22(21)33(25)10-5-11-38(4,34)35/h6-9,13-15H,5,10-12H2,1-4H3. The first kappa shape index (κ1) is 27.6. The van der Waals surface area contributed by atoms with Crippen LogP contribution in [0, 0.1) is 19.7 Å². The second-order valence-corrected chi connectivity index (χ2v) is 11.7. The summed E-state index contributed by atoms with van der Waals surface area (Å²) in [7, 11) is -3.16. The third-order valence-corrected chi connectivity index (χ3v) is 7.23. The molecule has 0 aliphatic carbocycles. The summed E-state index contributed by atoms with van der Waals surface area (Å²) in [6, 6.07) is 9.09. The summed E-state index contributed by atoms with van der Waals surface area (Å²) >= 11 is 0. The van der Waals surface area contributed by atoms with Gasteiger partial charge in [0, 0.05) is 24.3 Å². The van der Waals surface area contributed by atoms with Gasteiger partial charge < -0.3 is 13.8 Å². The van der Waals surface area contributed by atoms with Gasteiger partial charge in [-0.3, -0.25) is 0 Å². The number of imidazole rings is 1. The molecule has 0 N–H and O–H groups in total. The number of benzene rings is 2. The third kappa shape index (κ3) is 6.35. The second-order valence-electron chi connectivity index (χ2n) is 9.43. The van der Waals surface area contributed by atoms with Crippen LogP contribution in [0.25, 0.3) is 22.2 Å². The largest absolute Gasteiger partial charge is 0.573 e. The molecule has 38 heavy (non-hydrogen) atoms. The molecule has 0 saturated carbocycles. The van der Waals surface area contributed by atoms with Crippen LogP contribution in [0.3, 0.4) is 0 Å². The predicted octanol–water partition coefficient (Wildman–Crippen LogP) is 6.13. The highest BCUT2D eigenvalue weighted by atomic mass is 32.2. The number of ether oxygens (including phenoxy) is 1. The summed E-state index contributed by atoms with van der Waals surface area (Å²) in [5, 5.41) is 4.01. The van der Waals surface area contributed by atoms with Crippen molar-refractivity contribution in [1.82, 2.24) is 14.7 Å². The van der Waals surface area contributed by atoms with Crippen LogP contribution in [0.4, 0.5) is 17.6 Å². The zero-order valence-corrected chi connectivity index (χ0v) is 22.1. The average molecular weight is 554 g/mol. The SMILES string of the molecule is Cc1noc(C)c1-c1ccc2c(c1)nc(C(C)Cc1ccc(OC(F)(F)F)c(F)c1)n2CCCS(C)(=O)=O. The Balaban J connectivity index is 1.68. The van der Waals surface area contributed by atoms with E-state index in [0.29, 0.717) is 35.6 Å². The first-order chi connectivity index (χ1) is 17.7. The molecular formula is C26H27F4N3O4S. The monoisotopic (exact) mass is 553 g/mol. The minimum atomic E-state index is -4.99. The first-order valence-corrected chi connectivity index (χ1v) is 13.9. The zero-order chi connectivity index (χ0) is 27.8. The number of hydrogen-bond acceptors (Lipinski definition) is 6. The van der Waals surface area contributed by atoms with Crippen LogP contribution in [0.2, 0.25) is 0 Å². The maximum atomic E-state index is 14.3. The molecule has 1 unspecified atom stereocenters. The summed E-state index contributed by atoms with van der Waals surface area (Å²) in [5.74, 6) is -0.948. The third-order valence-electron chi connectivity index (χ3n) is 6.20. The first-order valence-electron chi connectivity index (χ1n) is 11.9. The quantitative estimate of drug-likeness (QED) is 0.232. The van der Waals surface area contributed by atoms with Gasteiger partial charge in [0.15, 0.2) is 11.6 Å². The van der Waals surface area contributed by atoms with Crippen molar-refractivity contribution in [1.29, 1.82) is 0 Å². The minimum absolute atomic E-state index is 0.00351. The van der Waals surface area contributed by atoms with Crippen molar-refractivity contribution >= 4 is 20.9 Å². The van der Waals surface area contributed by atoms with E-state index in [2.05, 4.69) is 9.89 Å². The van der Waals surface area contributed by atoms with Gasteiger partial charge in [-0.25, -0.2) is 17.8 Å². The molecule has 7 nitrogen and oxygen atoms in total. The van der Waals surface area contributed by atoms with E-state index in [1.165, 1.54) is 12.3 Å². The summed E-state index contributed by atoms with van der Waals surface area (Å²) in [4.78, 5) is 4.84. The molecule has 0 bridgehead atoms. The van der Waals surface area contributed by atoms with Crippen molar-refractivity contribution in [3.8, 4) is 16.9 Å². The second kappa shape index (κ2) is 10.4. The number of fused-ring (bicyclic) bond motifs is 1. The summed E-state index contributed by atoms with van der Waals surface area (Å²) in [6.07, 6.45) is -3.16. The number of halogens is 4. The Morgan fingerprint density at radius 3 is 2.47 bits per heavy atom. The number of rotatable bonds is 9. The fraction of sp³-hybridized carbons (Fsp3) is 0.385. The molecule has 12 heteroatoms. The highest BCUT2D eigenvalue weighted by Crippen LogP contribution is 2.33. The van der Waals surface area contributed by atoms with Gasteiger partial charge in [-0.05, 0) is 62.1 Å². The van der Waals surface area contributed by atoms with Crippen molar-refractivity contribution in [2.75, 3.05) is 12.0 Å². The van der Waals surface area contributed by atoms with Crippen molar-refractivity contribution in [3.05, 3.63) is 65.1 Å². The molecule has 204 valence electrons. The number of aryl methyl sites for hydroxylation is 3. The molecule has 0 fully saturated rings. The molecule has 1 atom stereocenters. The highest BCUT2D eigenvalue weighted by Gasteiger charge is 2.32. The molecule has 4 aromatic rings. The van der Waals surface area contributed by atoms with Gasteiger partial charge in [0.05, 0.1) is 22.5 Å². The van der Waals surface area contributed by atoms with Gasteiger partial charge in [-0.15, -0.1) is 13.2 Å². The number of hydrogen-bond donors (Lipinski definition) is 0. The maximum Gasteiger partial charge on any atom is 0.573 e. The smallest absolute Gasteiger partial charge is 0.403 e. The normalized spacial score (nSPS) is 13.3. The van der Waals surface area contributed by atoms with Gasteiger partial charge in [0.2, 0.25) is 0 Å². The van der Waals surface area contributed by atoms with E-state index in [1.54, 1.807) is 0 Å². The molecule has 4 rings (SSSR count). The van der Waals surface area contributed by atoms with Gasteiger partial charge in [0.1, 0.15) is 21.4 Å². The molecule has 0 saturated heterocycles. The van der Waals surface area contributed by atoms with Crippen molar-refractivity contribution in [2.45, 2.75) is 52.4 Å². The van der Waals surface area contributed by atoms with Crippen LogP contribution >= 0.6 is 0 Å². The Hall–Kier alpha value is -3.41. The molecule has 2 aromatic heterocycles. The van der Waals surface area contributed by atoms with Crippen LogP contribution in [0.15, 0.2) is 40.9 Å². The van der Waals surface area contributed by atoms with E-state index in [1.807, 2.05) is 43.5 Å². The number of alkyl halides is 3. The minimum Gasteiger partial charge on any atom is -0.403 e. The Labute approximate surface area is 217 Å². The van der Waals surface area contributed by atoms with Crippen LogP contribution in [-0.2, 0) is 22.8 Å². The van der Waals surface area contributed by atoms with Crippen LogP contribution in [0.1, 0.15) is 42.1 Å². The van der Waals surface area contributed by atoms with E-state index >= 15 is 0 Å². The predicted molar refractivity (Wildman–Crippen MR) is 134 cm³/mol. The summed E-state index contributed by atoms with van der Waals surface area (Å²) in [5.41, 5.74) is 4.43. The number of aromatic nitrogens is 3. The van der Waals surface area contributed by atoms with Crippen LogP contribution in [-0.4, -0.2) is 41.5 Å². The Bertz CT molecular complexity index is 1560. The van der Waals surface area contributed by atoms with Crippen LogP contribution in [0.5, 0.6) is 5.75 Å². The lowest BCUT2D eigenvalue weighted by molar-refractivity contribution is -0.275. The van der Waals surface area contributed by atoms with Gasteiger partial charge in [0.25, 0.3) is 0 Å². The Morgan fingerprint density at radius 1 is 1.13 bits per heavy atom. The van der Waals surface area contributed by atoms with E-state index < -0.39 is 27.8 Å². The van der Waals surface area contributed by atoms with Crippen molar-refractivity contribution < 1.29 is 35.2 Å². The van der Waals surface area contributed by atoms with E-state index in [9.17, 15) is 26.0 Å². The van der Waals surface area contributed by atoms with Gasteiger partial charge >= 0.3 is 6.36 Å². The Morgan fingerprint density at radius 2 is 1.87 bits per heavy atom. The topological polar surface area (TPSA) is 87.2 Å². The Kier molecular flexibility index (Phi) is 7.55. The zero-order valence-electron chi connectivity index (χ0n) is 21.3. The molecule has 2 aromatic carbocycles. The molecule has 0 spiro atoms. The molecule has 0 aliphatic rings. The van der Waals surface area contributed by atoms with Crippen LogP contribution < -0.4 is 4.74 Å².